The van der Waals surface area contributed by atoms with Crippen molar-refractivity contribution in [3.05, 3.63) is 57.5 Å². The lowest BCUT2D eigenvalue weighted by Gasteiger charge is -2.20. The van der Waals surface area contributed by atoms with E-state index < -0.39 is 11.9 Å². The topological polar surface area (TPSA) is 64.3 Å². The number of rotatable bonds is 5. The highest BCUT2D eigenvalue weighted by atomic mass is 79.9. The second-order valence-electron chi connectivity index (χ2n) is 4.35. The quantitative estimate of drug-likeness (QED) is 0.843. The van der Waals surface area contributed by atoms with Crippen LogP contribution >= 0.6 is 27.5 Å². The van der Waals surface area contributed by atoms with Crippen LogP contribution in [0.2, 0.25) is 5.02 Å². The maximum atomic E-state index is 11.8. The summed E-state index contributed by atoms with van der Waals surface area (Å²) in [6.07, 6.45) is 0. The molecule has 4 nitrogen and oxygen atoms in total. The first-order valence-electron chi connectivity index (χ1n) is 6.16. The van der Waals surface area contributed by atoms with Crippen molar-refractivity contribution >= 4 is 39.1 Å². The Morgan fingerprint density at radius 3 is 2.67 bits per heavy atom. The van der Waals surface area contributed by atoms with Gasteiger partial charge in [-0.15, -0.1) is 0 Å². The molecule has 1 unspecified atom stereocenters. The molecule has 0 spiro atoms. The van der Waals surface area contributed by atoms with E-state index in [2.05, 4.69) is 21.2 Å². The average molecular weight is 370 g/mol. The van der Waals surface area contributed by atoms with Crippen LogP contribution in [0.5, 0.6) is 5.75 Å². The van der Waals surface area contributed by atoms with Gasteiger partial charge in [0.05, 0.1) is 17.8 Å². The lowest BCUT2D eigenvalue weighted by molar-refractivity contribution is -0.118. The minimum absolute atomic E-state index is 0.512. The number of primary amides is 1. The van der Waals surface area contributed by atoms with Gasteiger partial charge in [0, 0.05) is 10.0 Å². The number of nitrogens with two attached hydrogens (primary N) is 1. The van der Waals surface area contributed by atoms with Crippen molar-refractivity contribution in [2.45, 2.75) is 6.04 Å². The van der Waals surface area contributed by atoms with Crippen LogP contribution < -0.4 is 15.8 Å². The highest BCUT2D eigenvalue weighted by Crippen LogP contribution is 2.32. The van der Waals surface area contributed by atoms with Crippen LogP contribution in [0, 0.1) is 0 Å². The fourth-order valence-corrected chi connectivity index (χ4v) is 2.54. The van der Waals surface area contributed by atoms with Crippen LogP contribution in [0.4, 0.5) is 5.69 Å². The summed E-state index contributed by atoms with van der Waals surface area (Å²) in [5.41, 5.74) is 6.79. The summed E-state index contributed by atoms with van der Waals surface area (Å²) in [6.45, 7) is 0. The zero-order valence-corrected chi connectivity index (χ0v) is 13.6. The van der Waals surface area contributed by atoms with Crippen LogP contribution in [0.15, 0.2) is 46.9 Å². The Morgan fingerprint density at radius 1 is 1.33 bits per heavy atom. The van der Waals surface area contributed by atoms with Crippen molar-refractivity contribution in [3.8, 4) is 5.75 Å². The molecule has 1 amide bonds. The first kappa shape index (κ1) is 15.7. The van der Waals surface area contributed by atoms with E-state index in [4.69, 9.17) is 22.1 Å². The molecule has 0 aliphatic heterocycles. The normalized spacial score (nSPS) is 11.8. The molecule has 0 heterocycles. The van der Waals surface area contributed by atoms with Gasteiger partial charge >= 0.3 is 0 Å². The van der Waals surface area contributed by atoms with Gasteiger partial charge in [-0.1, -0.05) is 39.7 Å². The molecular weight excluding hydrogens is 356 g/mol. The first-order valence-corrected chi connectivity index (χ1v) is 7.34. The molecule has 0 radical (unpaired) electrons. The number of carbonyl (C=O) groups is 1. The van der Waals surface area contributed by atoms with Gasteiger partial charge in [-0.25, -0.2) is 0 Å². The van der Waals surface area contributed by atoms with Crippen molar-refractivity contribution in [2.75, 3.05) is 12.4 Å². The molecule has 2 aromatic rings. The van der Waals surface area contributed by atoms with Gasteiger partial charge in [0.25, 0.3) is 0 Å². The summed E-state index contributed by atoms with van der Waals surface area (Å²) in [5.74, 6) is 0.0490. The number of methoxy groups -OCH3 is 1. The smallest absolute Gasteiger partial charge is 0.244 e. The summed E-state index contributed by atoms with van der Waals surface area (Å²) in [5, 5.41) is 3.57. The summed E-state index contributed by atoms with van der Waals surface area (Å²) < 4.78 is 6.12. The van der Waals surface area contributed by atoms with Gasteiger partial charge in [0.1, 0.15) is 11.8 Å². The van der Waals surface area contributed by atoms with Gasteiger partial charge < -0.3 is 15.8 Å². The molecule has 0 fully saturated rings. The predicted molar refractivity (Wildman–Crippen MR) is 87.7 cm³/mol. The predicted octanol–water partition coefficient (Wildman–Crippen LogP) is 3.75. The first-order chi connectivity index (χ1) is 10.0. The van der Waals surface area contributed by atoms with E-state index >= 15 is 0 Å². The molecule has 21 heavy (non-hydrogen) atoms. The molecule has 2 aromatic carbocycles. The number of amides is 1. The van der Waals surface area contributed by atoms with E-state index in [0.29, 0.717) is 22.0 Å². The number of anilines is 1. The number of benzene rings is 2. The average Bonchev–Trinajstić information content (AvgIpc) is 2.46. The number of carbonyl (C=O) groups excluding carboxylic acids is 1. The van der Waals surface area contributed by atoms with Crippen molar-refractivity contribution in [3.63, 3.8) is 0 Å². The summed E-state index contributed by atoms with van der Waals surface area (Å²) >= 11 is 9.49. The lowest BCUT2D eigenvalue weighted by atomic mass is 10.0. The third-order valence-corrected chi connectivity index (χ3v) is 3.78. The largest absolute Gasteiger partial charge is 0.496 e. The minimum Gasteiger partial charge on any atom is -0.496 e. The van der Waals surface area contributed by atoms with Crippen molar-refractivity contribution in [2.24, 2.45) is 5.73 Å². The molecule has 2 rings (SSSR count). The molecule has 1 atom stereocenters. The second kappa shape index (κ2) is 6.83. The fourth-order valence-electron chi connectivity index (χ4n) is 1.97. The molecule has 110 valence electrons. The second-order valence-corrected chi connectivity index (χ2v) is 5.67. The number of hydrogen-bond acceptors (Lipinski definition) is 3. The SMILES string of the molecule is COc1ccc(Br)cc1C(Nc1ccccc1Cl)C(N)=O. The van der Waals surface area contributed by atoms with Crippen LogP contribution in [0.1, 0.15) is 11.6 Å². The monoisotopic (exact) mass is 368 g/mol. The number of hydrogen-bond donors (Lipinski definition) is 2. The zero-order valence-electron chi connectivity index (χ0n) is 11.3. The third-order valence-electron chi connectivity index (χ3n) is 2.96. The van der Waals surface area contributed by atoms with Gasteiger partial charge in [-0.3, -0.25) is 4.79 Å². The Kier molecular flexibility index (Phi) is 5.09. The Morgan fingerprint density at radius 2 is 2.05 bits per heavy atom. The van der Waals surface area contributed by atoms with Crippen molar-refractivity contribution in [1.29, 1.82) is 0 Å². The van der Waals surface area contributed by atoms with Gasteiger partial charge in [0.15, 0.2) is 0 Å². The Bertz CT molecular complexity index is 664. The lowest BCUT2D eigenvalue weighted by Crippen LogP contribution is -2.28. The molecule has 0 aromatic heterocycles. The highest BCUT2D eigenvalue weighted by Gasteiger charge is 2.22. The van der Waals surface area contributed by atoms with Crippen molar-refractivity contribution in [1.82, 2.24) is 0 Å². The molecule has 3 N–H and O–H groups in total. The third kappa shape index (κ3) is 3.68. The van der Waals surface area contributed by atoms with Gasteiger partial charge in [-0.2, -0.15) is 0 Å². The minimum atomic E-state index is -0.752. The molecule has 0 aliphatic carbocycles. The molecule has 0 saturated heterocycles. The summed E-state index contributed by atoms with van der Waals surface area (Å²) in [4.78, 5) is 11.8. The number of halogens is 2. The van der Waals surface area contributed by atoms with E-state index in [1.807, 2.05) is 18.2 Å². The van der Waals surface area contributed by atoms with Crippen molar-refractivity contribution < 1.29 is 9.53 Å². The molecular formula is C15H14BrClN2O2. The molecule has 0 bridgehead atoms. The number of ether oxygens (including phenoxy) is 1. The standard InChI is InChI=1S/C15H14BrClN2O2/c1-21-13-7-6-9(16)8-10(13)14(15(18)20)19-12-5-3-2-4-11(12)17/h2-8,14,19H,1H3,(H2,18,20). The molecule has 6 heteroatoms. The molecule has 0 aliphatic rings. The zero-order chi connectivity index (χ0) is 15.4. The van der Waals surface area contributed by atoms with E-state index in [1.165, 1.54) is 0 Å². The highest BCUT2D eigenvalue weighted by molar-refractivity contribution is 9.10. The Hall–Kier alpha value is -1.72. The van der Waals surface area contributed by atoms with E-state index in [-0.39, 0.29) is 0 Å². The summed E-state index contributed by atoms with van der Waals surface area (Å²) in [7, 11) is 1.54. The maximum Gasteiger partial charge on any atom is 0.244 e. The van der Waals surface area contributed by atoms with E-state index in [0.717, 1.165) is 4.47 Å². The van der Waals surface area contributed by atoms with E-state index in [9.17, 15) is 4.79 Å². The van der Waals surface area contributed by atoms with Gasteiger partial charge in [0.2, 0.25) is 5.91 Å². The van der Waals surface area contributed by atoms with E-state index in [1.54, 1.807) is 31.4 Å². The Balaban J connectivity index is 2.43. The Labute approximate surface area is 136 Å². The maximum absolute atomic E-state index is 11.8. The van der Waals surface area contributed by atoms with Crippen LogP contribution in [-0.2, 0) is 4.79 Å². The van der Waals surface area contributed by atoms with Crippen LogP contribution in [0.3, 0.4) is 0 Å². The summed E-state index contributed by atoms with van der Waals surface area (Å²) in [6, 6.07) is 11.8. The fraction of sp³-hybridized carbons (Fsp3) is 0.133. The van der Waals surface area contributed by atoms with Gasteiger partial charge in [-0.05, 0) is 30.3 Å². The molecule has 0 saturated carbocycles. The van der Waals surface area contributed by atoms with Crippen LogP contribution in [-0.4, -0.2) is 13.0 Å². The van der Waals surface area contributed by atoms with Crippen LogP contribution in [0.25, 0.3) is 0 Å². The number of para-hydroxylation sites is 1. The number of nitrogens with one attached hydrogen (secondary N) is 1.